The van der Waals surface area contributed by atoms with Crippen molar-refractivity contribution in [3.63, 3.8) is 0 Å². The van der Waals surface area contributed by atoms with Gasteiger partial charge in [0.25, 0.3) is 0 Å². The molecule has 1 fully saturated rings. The van der Waals surface area contributed by atoms with Gasteiger partial charge in [0.05, 0.1) is 0 Å². The van der Waals surface area contributed by atoms with Gasteiger partial charge in [0.2, 0.25) is 0 Å². The third-order valence-electron chi connectivity index (χ3n) is 2.68. The van der Waals surface area contributed by atoms with Crippen LogP contribution in [0.1, 0.15) is 12.8 Å². The van der Waals surface area contributed by atoms with Crippen molar-refractivity contribution in [1.82, 2.24) is 15.5 Å². The molecular weight excluding hydrogens is 210 g/mol. The summed E-state index contributed by atoms with van der Waals surface area (Å²) >= 11 is 1.87. The van der Waals surface area contributed by atoms with Crippen LogP contribution in [0.25, 0.3) is 0 Å². The minimum absolute atomic E-state index is 0.0632. The molecule has 1 saturated heterocycles. The molecule has 1 unspecified atom stereocenters. The minimum atomic E-state index is -0.0632. The van der Waals surface area contributed by atoms with Crippen LogP contribution in [0.2, 0.25) is 0 Å². The Bertz CT molecular complexity index is 201. The molecule has 1 aliphatic heterocycles. The Balaban J connectivity index is 2.25. The van der Waals surface area contributed by atoms with E-state index in [1.165, 1.54) is 18.7 Å². The largest absolute Gasteiger partial charge is 0.341 e. The Morgan fingerprint density at radius 2 is 2.40 bits per heavy atom. The standard InChI is InChI=1S/C10H21N3OS/c1-11-10(14)12-9-4-3-5-13(8-9)6-7-15-2/h9H,3-8H2,1-2H3,(H2,11,12,14). The maximum Gasteiger partial charge on any atom is 0.314 e. The Morgan fingerprint density at radius 3 is 3.07 bits per heavy atom. The van der Waals surface area contributed by atoms with Crippen molar-refractivity contribution < 1.29 is 4.79 Å². The van der Waals surface area contributed by atoms with Gasteiger partial charge in [-0.25, -0.2) is 4.79 Å². The number of thioether (sulfide) groups is 1. The smallest absolute Gasteiger partial charge is 0.314 e. The lowest BCUT2D eigenvalue weighted by Gasteiger charge is -2.32. The number of amides is 2. The number of hydrogen-bond acceptors (Lipinski definition) is 3. The number of carbonyl (C=O) groups excluding carboxylic acids is 1. The third kappa shape index (κ3) is 4.75. The molecule has 1 atom stereocenters. The number of carbonyl (C=O) groups is 1. The van der Waals surface area contributed by atoms with Gasteiger partial charge < -0.3 is 15.5 Å². The number of urea groups is 1. The molecule has 2 amide bonds. The molecule has 88 valence electrons. The lowest BCUT2D eigenvalue weighted by Crippen LogP contribution is -2.50. The highest BCUT2D eigenvalue weighted by molar-refractivity contribution is 7.98. The van der Waals surface area contributed by atoms with Crippen LogP contribution >= 0.6 is 11.8 Å². The van der Waals surface area contributed by atoms with Crippen molar-refractivity contribution in [3.8, 4) is 0 Å². The van der Waals surface area contributed by atoms with E-state index in [0.29, 0.717) is 6.04 Å². The van der Waals surface area contributed by atoms with Crippen molar-refractivity contribution in [3.05, 3.63) is 0 Å². The van der Waals surface area contributed by atoms with Gasteiger partial charge in [-0.3, -0.25) is 0 Å². The van der Waals surface area contributed by atoms with Crippen LogP contribution in [0.5, 0.6) is 0 Å². The molecule has 1 rings (SSSR count). The maximum atomic E-state index is 11.2. The second-order valence-corrected chi connectivity index (χ2v) is 4.84. The predicted molar refractivity (Wildman–Crippen MR) is 65.4 cm³/mol. The second kappa shape index (κ2) is 6.95. The van der Waals surface area contributed by atoms with E-state index >= 15 is 0 Å². The van der Waals surface area contributed by atoms with Crippen LogP contribution in [0.15, 0.2) is 0 Å². The maximum absolute atomic E-state index is 11.2. The summed E-state index contributed by atoms with van der Waals surface area (Å²) in [6, 6.07) is 0.257. The number of nitrogens with zero attached hydrogens (tertiary/aromatic N) is 1. The van der Waals surface area contributed by atoms with Crippen LogP contribution < -0.4 is 10.6 Å². The molecule has 15 heavy (non-hydrogen) atoms. The number of nitrogens with one attached hydrogen (secondary N) is 2. The number of rotatable bonds is 4. The van der Waals surface area contributed by atoms with Crippen molar-refractivity contribution >= 4 is 17.8 Å². The van der Waals surface area contributed by atoms with E-state index < -0.39 is 0 Å². The average molecular weight is 231 g/mol. The highest BCUT2D eigenvalue weighted by Gasteiger charge is 2.20. The number of hydrogen-bond donors (Lipinski definition) is 2. The molecule has 0 saturated carbocycles. The summed E-state index contributed by atoms with van der Waals surface area (Å²) in [6.07, 6.45) is 4.41. The SMILES string of the molecule is CNC(=O)NC1CCCN(CCSC)C1. The summed E-state index contributed by atoms with van der Waals surface area (Å²) in [4.78, 5) is 13.6. The zero-order chi connectivity index (χ0) is 11.1. The Hall–Kier alpha value is -0.420. The zero-order valence-electron chi connectivity index (χ0n) is 9.58. The molecule has 2 N–H and O–H groups in total. The highest BCUT2D eigenvalue weighted by atomic mass is 32.2. The fraction of sp³-hybridized carbons (Fsp3) is 0.900. The van der Waals surface area contributed by atoms with Gasteiger partial charge in [0.15, 0.2) is 0 Å². The van der Waals surface area contributed by atoms with E-state index in [1.54, 1.807) is 7.05 Å². The first-order chi connectivity index (χ1) is 7.26. The lowest BCUT2D eigenvalue weighted by molar-refractivity contribution is 0.194. The lowest BCUT2D eigenvalue weighted by atomic mass is 10.1. The fourth-order valence-corrected chi connectivity index (χ4v) is 2.30. The van der Waals surface area contributed by atoms with Crippen molar-refractivity contribution in [2.24, 2.45) is 0 Å². The molecule has 1 heterocycles. The minimum Gasteiger partial charge on any atom is -0.341 e. The van der Waals surface area contributed by atoms with Gasteiger partial charge in [-0.15, -0.1) is 0 Å². The van der Waals surface area contributed by atoms with Crippen LogP contribution in [-0.2, 0) is 0 Å². The molecule has 0 bridgehead atoms. The summed E-state index contributed by atoms with van der Waals surface area (Å²) in [6.45, 7) is 3.30. The van der Waals surface area contributed by atoms with Gasteiger partial charge in [-0.05, 0) is 25.6 Å². The first-order valence-electron chi connectivity index (χ1n) is 5.45. The third-order valence-corrected chi connectivity index (χ3v) is 3.27. The zero-order valence-corrected chi connectivity index (χ0v) is 10.4. The molecule has 0 aromatic rings. The van der Waals surface area contributed by atoms with Gasteiger partial charge in [0, 0.05) is 31.9 Å². The topological polar surface area (TPSA) is 44.4 Å². The first-order valence-corrected chi connectivity index (χ1v) is 6.85. The molecule has 1 aliphatic rings. The summed E-state index contributed by atoms with van der Waals surface area (Å²) in [7, 11) is 1.66. The summed E-state index contributed by atoms with van der Waals surface area (Å²) in [5.41, 5.74) is 0. The molecule has 5 heteroatoms. The summed E-state index contributed by atoms with van der Waals surface area (Å²) in [5, 5.41) is 5.57. The molecule has 0 aromatic carbocycles. The average Bonchev–Trinajstić information content (AvgIpc) is 2.26. The number of piperidine rings is 1. The molecule has 0 aliphatic carbocycles. The molecular formula is C10H21N3OS. The Labute approximate surface area is 96.2 Å². The normalized spacial score (nSPS) is 22.4. The van der Waals surface area contributed by atoms with Crippen molar-refractivity contribution in [1.29, 1.82) is 0 Å². The monoisotopic (exact) mass is 231 g/mol. The fourth-order valence-electron chi connectivity index (χ4n) is 1.85. The van der Waals surface area contributed by atoms with Crippen LogP contribution in [-0.4, -0.2) is 55.7 Å². The summed E-state index contributed by atoms with van der Waals surface area (Å²) < 4.78 is 0. The van der Waals surface area contributed by atoms with E-state index in [0.717, 1.165) is 19.5 Å². The van der Waals surface area contributed by atoms with E-state index in [9.17, 15) is 4.79 Å². The van der Waals surface area contributed by atoms with E-state index in [-0.39, 0.29) is 6.03 Å². The van der Waals surface area contributed by atoms with Crippen LogP contribution in [0, 0.1) is 0 Å². The van der Waals surface area contributed by atoms with Crippen LogP contribution in [0.3, 0.4) is 0 Å². The molecule has 4 nitrogen and oxygen atoms in total. The van der Waals surface area contributed by atoms with Crippen LogP contribution in [0.4, 0.5) is 4.79 Å². The number of likely N-dealkylation sites (tertiary alicyclic amines) is 1. The predicted octanol–water partition coefficient (Wildman–Crippen LogP) is 0.743. The highest BCUT2D eigenvalue weighted by Crippen LogP contribution is 2.10. The Morgan fingerprint density at radius 1 is 1.60 bits per heavy atom. The summed E-state index contributed by atoms with van der Waals surface area (Å²) in [5.74, 6) is 1.17. The quantitative estimate of drug-likeness (QED) is 0.750. The van der Waals surface area contributed by atoms with Gasteiger partial charge in [0.1, 0.15) is 0 Å². The van der Waals surface area contributed by atoms with E-state index in [1.807, 2.05) is 11.8 Å². The molecule has 0 radical (unpaired) electrons. The van der Waals surface area contributed by atoms with Crippen molar-refractivity contribution in [2.75, 3.05) is 38.7 Å². The van der Waals surface area contributed by atoms with Crippen molar-refractivity contribution in [2.45, 2.75) is 18.9 Å². The Kier molecular flexibility index (Phi) is 5.86. The van der Waals surface area contributed by atoms with Gasteiger partial charge in [-0.2, -0.15) is 11.8 Å². The van der Waals surface area contributed by atoms with E-state index in [4.69, 9.17) is 0 Å². The van der Waals surface area contributed by atoms with E-state index in [2.05, 4.69) is 21.8 Å². The molecule has 0 aromatic heterocycles. The second-order valence-electron chi connectivity index (χ2n) is 3.86. The van der Waals surface area contributed by atoms with Gasteiger partial charge in [-0.1, -0.05) is 0 Å². The molecule has 0 spiro atoms. The van der Waals surface area contributed by atoms with Gasteiger partial charge >= 0.3 is 6.03 Å². The first kappa shape index (κ1) is 12.6.